The summed E-state index contributed by atoms with van der Waals surface area (Å²) < 4.78 is 0. The van der Waals surface area contributed by atoms with E-state index < -0.39 is 0 Å². The maximum absolute atomic E-state index is 4.48. The Labute approximate surface area is 79.6 Å². The van der Waals surface area contributed by atoms with Gasteiger partial charge in [-0.2, -0.15) is 0 Å². The van der Waals surface area contributed by atoms with E-state index in [1.165, 1.54) is 31.7 Å². The lowest BCUT2D eigenvalue weighted by Crippen LogP contribution is -2.38. The Balaban J connectivity index is 1.86. The van der Waals surface area contributed by atoms with Crippen molar-refractivity contribution in [2.75, 3.05) is 19.6 Å². The van der Waals surface area contributed by atoms with Crippen LogP contribution in [0, 0.1) is 6.92 Å². The summed E-state index contributed by atoms with van der Waals surface area (Å²) in [6, 6.07) is 6.26. The number of rotatable bonds is 3. The van der Waals surface area contributed by atoms with Crippen molar-refractivity contribution in [1.82, 2.24) is 9.88 Å². The summed E-state index contributed by atoms with van der Waals surface area (Å²) in [5.74, 6) is 0. The number of likely N-dealkylation sites (tertiary alicyclic amines) is 1. The fraction of sp³-hybridized carbons (Fsp3) is 0.545. The van der Waals surface area contributed by atoms with E-state index in [1.807, 2.05) is 13.0 Å². The summed E-state index contributed by atoms with van der Waals surface area (Å²) in [6.45, 7) is 5.79. The van der Waals surface area contributed by atoms with Crippen molar-refractivity contribution in [2.45, 2.75) is 19.8 Å². The molecule has 0 atom stereocenters. The lowest BCUT2D eigenvalue weighted by atomic mass is 10.2. The minimum atomic E-state index is 1.10. The number of hydrogen-bond donors (Lipinski definition) is 0. The molecule has 0 radical (unpaired) electrons. The number of pyridine rings is 1. The van der Waals surface area contributed by atoms with E-state index in [2.05, 4.69) is 22.0 Å². The molecular formula is C11H16N2. The van der Waals surface area contributed by atoms with Gasteiger partial charge in [0.05, 0.1) is 0 Å². The zero-order valence-electron chi connectivity index (χ0n) is 8.16. The third kappa shape index (κ3) is 2.28. The van der Waals surface area contributed by atoms with Gasteiger partial charge in [0.15, 0.2) is 0 Å². The number of aryl methyl sites for hydroxylation is 1. The Kier molecular flexibility index (Phi) is 2.60. The lowest BCUT2D eigenvalue weighted by molar-refractivity contribution is 0.183. The molecule has 0 aliphatic carbocycles. The Hall–Kier alpha value is -0.890. The minimum absolute atomic E-state index is 1.10. The van der Waals surface area contributed by atoms with Crippen molar-refractivity contribution >= 4 is 0 Å². The third-order valence-corrected chi connectivity index (χ3v) is 2.58. The molecule has 1 saturated heterocycles. The Morgan fingerprint density at radius 2 is 2.23 bits per heavy atom. The van der Waals surface area contributed by atoms with E-state index in [0.717, 1.165) is 12.1 Å². The van der Waals surface area contributed by atoms with Crippen molar-refractivity contribution in [2.24, 2.45) is 0 Å². The van der Waals surface area contributed by atoms with Crippen LogP contribution < -0.4 is 0 Å². The SMILES string of the molecule is Cc1cccc(CCN2CCC2)n1. The van der Waals surface area contributed by atoms with Crippen LogP contribution in [-0.2, 0) is 6.42 Å². The van der Waals surface area contributed by atoms with Gasteiger partial charge in [0.25, 0.3) is 0 Å². The molecule has 0 aromatic carbocycles. The van der Waals surface area contributed by atoms with Gasteiger partial charge in [0.2, 0.25) is 0 Å². The molecule has 1 aliphatic heterocycles. The van der Waals surface area contributed by atoms with Crippen LogP contribution in [0.25, 0.3) is 0 Å². The maximum Gasteiger partial charge on any atom is 0.0419 e. The molecule has 70 valence electrons. The number of aromatic nitrogens is 1. The average Bonchev–Trinajstić information content (AvgIpc) is 2.01. The smallest absolute Gasteiger partial charge is 0.0419 e. The highest BCUT2D eigenvalue weighted by molar-refractivity contribution is 5.10. The summed E-state index contributed by atoms with van der Waals surface area (Å²) in [4.78, 5) is 6.95. The summed E-state index contributed by atoms with van der Waals surface area (Å²) in [6.07, 6.45) is 2.48. The van der Waals surface area contributed by atoms with Gasteiger partial charge < -0.3 is 4.90 Å². The number of nitrogens with zero attached hydrogens (tertiary/aromatic N) is 2. The average molecular weight is 176 g/mol. The molecule has 1 aromatic heterocycles. The molecule has 2 rings (SSSR count). The quantitative estimate of drug-likeness (QED) is 0.696. The maximum atomic E-state index is 4.48. The van der Waals surface area contributed by atoms with E-state index >= 15 is 0 Å². The molecule has 0 saturated carbocycles. The molecule has 2 heterocycles. The lowest BCUT2D eigenvalue weighted by Gasteiger charge is -2.30. The van der Waals surface area contributed by atoms with Crippen LogP contribution in [0.4, 0.5) is 0 Å². The highest BCUT2D eigenvalue weighted by atomic mass is 15.2. The van der Waals surface area contributed by atoms with Crippen LogP contribution in [0.1, 0.15) is 17.8 Å². The van der Waals surface area contributed by atoms with Crippen LogP contribution in [-0.4, -0.2) is 29.5 Å². The highest BCUT2D eigenvalue weighted by Gasteiger charge is 2.12. The summed E-state index contributed by atoms with van der Waals surface area (Å²) in [5, 5.41) is 0. The normalized spacial score (nSPS) is 17.0. The third-order valence-electron chi connectivity index (χ3n) is 2.58. The molecule has 1 aliphatic rings. The van der Waals surface area contributed by atoms with E-state index in [9.17, 15) is 0 Å². The fourth-order valence-corrected chi connectivity index (χ4v) is 1.62. The van der Waals surface area contributed by atoms with Crippen molar-refractivity contribution in [3.63, 3.8) is 0 Å². The van der Waals surface area contributed by atoms with Gasteiger partial charge in [0.1, 0.15) is 0 Å². The monoisotopic (exact) mass is 176 g/mol. The van der Waals surface area contributed by atoms with Crippen LogP contribution >= 0.6 is 0 Å². The van der Waals surface area contributed by atoms with Gasteiger partial charge in [-0.3, -0.25) is 4.98 Å². The first-order valence-electron chi connectivity index (χ1n) is 4.99. The topological polar surface area (TPSA) is 16.1 Å². The zero-order chi connectivity index (χ0) is 9.10. The van der Waals surface area contributed by atoms with Gasteiger partial charge in [-0.1, -0.05) is 6.07 Å². The van der Waals surface area contributed by atoms with Gasteiger partial charge in [-0.15, -0.1) is 0 Å². The van der Waals surface area contributed by atoms with E-state index in [4.69, 9.17) is 0 Å². The van der Waals surface area contributed by atoms with E-state index in [0.29, 0.717) is 0 Å². The van der Waals surface area contributed by atoms with Crippen LogP contribution in [0.5, 0.6) is 0 Å². The minimum Gasteiger partial charge on any atom is -0.303 e. The molecular weight excluding hydrogens is 160 g/mol. The van der Waals surface area contributed by atoms with Crippen LogP contribution in [0.15, 0.2) is 18.2 Å². The first-order valence-corrected chi connectivity index (χ1v) is 4.99. The standard InChI is InChI=1S/C11H16N2/c1-10-4-2-5-11(12-10)6-9-13-7-3-8-13/h2,4-5H,3,6-9H2,1H3. The van der Waals surface area contributed by atoms with Crippen LogP contribution in [0.3, 0.4) is 0 Å². The van der Waals surface area contributed by atoms with E-state index in [-0.39, 0.29) is 0 Å². The first-order chi connectivity index (χ1) is 6.34. The molecule has 13 heavy (non-hydrogen) atoms. The van der Waals surface area contributed by atoms with Crippen molar-refractivity contribution in [1.29, 1.82) is 0 Å². The summed E-state index contributed by atoms with van der Waals surface area (Å²) in [7, 11) is 0. The second kappa shape index (κ2) is 3.88. The molecule has 1 aromatic rings. The Bertz CT molecular complexity index is 279. The molecule has 0 amide bonds. The highest BCUT2D eigenvalue weighted by Crippen LogP contribution is 2.07. The zero-order valence-corrected chi connectivity index (χ0v) is 8.16. The number of hydrogen-bond acceptors (Lipinski definition) is 2. The van der Waals surface area contributed by atoms with Gasteiger partial charge in [0, 0.05) is 24.4 Å². The largest absolute Gasteiger partial charge is 0.303 e. The van der Waals surface area contributed by atoms with Crippen molar-refractivity contribution in [3.05, 3.63) is 29.6 Å². The van der Waals surface area contributed by atoms with Crippen LogP contribution in [0.2, 0.25) is 0 Å². The molecule has 2 nitrogen and oxygen atoms in total. The molecule has 0 unspecified atom stereocenters. The molecule has 0 bridgehead atoms. The van der Waals surface area contributed by atoms with Crippen molar-refractivity contribution < 1.29 is 0 Å². The summed E-state index contributed by atoms with van der Waals surface area (Å²) >= 11 is 0. The van der Waals surface area contributed by atoms with Gasteiger partial charge in [-0.05, 0) is 38.6 Å². The molecule has 0 spiro atoms. The van der Waals surface area contributed by atoms with Gasteiger partial charge >= 0.3 is 0 Å². The second-order valence-electron chi connectivity index (χ2n) is 3.72. The predicted octanol–water partition coefficient (Wildman–Crippen LogP) is 1.64. The Morgan fingerprint density at radius 3 is 2.85 bits per heavy atom. The summed E-state index contributed by atoms with van der Waals surface area (Å²) in [5.41, 5.74) is 2.35. The second-order valence-corrected chi connectivity index (χ2v) is 3.72. The fourth-order valence-electron chi connectivity index (χ4n) is 1.62. The van der Waals surface area contributed by atoms with Gasteiger partial charge in [-0.25, -0.2) is 0 Å². The molecule has 0 N–H and O–H groups in total. The molecule has 2 heteroatoms. The predicted molar refractivity (Wildman–Crippen MR) is 53.7 cm³/mol. The first kappa shape index (κ1) is 8.70. The molecule has 1 fully saturated rings. The van der Waals surface area contributed by atoms with E-state index in [1.54, 1.807) is 0 Å². The van der Waals surface area contributed by atoms with Crippen molar-refractivity contribution in [3.8, 4) is 0 Å². The Morgan fingerprint density at radius 1 is 1.38 bits per heavy atom.